The number of nitrogens with two attached hydrogens (primary N) is 1. The number of hydrogen-bond donors (Lipinski definition) is 2. The number of amides is 1. The lowest BCUT2D eigenvalue weighted by Crippen LogP contribution is -2.40. The summed E-state index contributed by atoms with van der Waals surface area (Å²) in [5.41, 5.74) is 9.36. The van der Waals surface area contributed by atoms with Gasteiger partial charge in [0.2, 0.25) is 5.91 Å². The minimum absolute atomic E-state index is 0.108. The smallest absolute Gasteiger partial charge is 0.228 e. The highest BCUT2D eigenvalue weighted by atomic mass is 16.1. The number of nitrogens with one attached hydrogen (secondary N) is 1. The number of nitrogens with zero attached hydrogens (tertiary/aromatic N) is 1. The minimum Gasteiger partial charge on any atom is -0.328 e. The molecule has 3 N–H and O–H groups in total. The molecular formula is C15H21N3O. The fraction of sp³-hybridized carbons (Fsp3) is 0.533. The molecule has 2 aliphatic heterocycles. The van der Waals surface area contributed by atoms with Crippen molar-refractivity contribution in [3.63, 3.8) is 0 Å². The summed E-state index contributed by atoms with van der Waals surface area (Å²) in [7, 11) is 0. The number of anilines is 1. The second-order valence-electron chi connectivity index (χ2n) is 5.65. The Morgan fingerprint density at radius 1 is 1.32 bits per heavy atom. The molecule has 0 unspecified atom stereocenters. The Morgan fingerprint density at radius 2 is 2.11 bits per heavy atom. The Morgan fingerprint density at radius 3 is 2.89 bits per heavy atom. The van der Waals surface area contributed by atoms with Gasteiger partial charge in [0, 0.05) is 18.3 Å². The average molecular weight is 259 g/mol. The maximum absolute atomic E-state index is 11.3. The zero-order valence-electron chi connectivity index (χ0n) is 11.2. The van der Waals surface area contributed by atoms with Crippen molar-refractivity contribution in [3.8, 4) is 0 Å². The molecule has 4 heteroatoms. The Bertz CT molecular complexity index is 478. The van der Waals surface area contributed by atoms with Gasteiger partial charge in [-0.1, -0.05) is 12.1 Å². The van der Waals surface area contributed by atoms with E-state index in [2.05, 4.69) is 22.3 Å². The fourth-order valence-corrected chi connectivity index (χ4v) is 2.90. The number of rotatable bonds is 3. The molecule has 1 saturated heterocycles. The van der Waals surface area contributed by atoms with Gasteiger partial charge in [0.15, 0.2) is 0 Å². The van der Waals surface area contributed by atoms with Crippen molar-refractivity contribution in [1.29, 1.82) is 0 Å². The highest BCUT2D eigenvalue weighted by Crippen LogP contribution is 2.24. The monoisotopic (exact) mass is 259 g/mol. The van der Waals surface area contributed by atoms with Crippen LogP contribution in [0.3, 0.4) is 0 Å². The Hall–Kier alpha value is -1.39. The summed E-state index contributed by atoms with van der Waals surface area (Å²) in [6.07, 6.45) is 3.81. The minimum atomic E-state index is 0.108. The summed E-state index contributed by atoms with van der Waals surface area (Å²) in [4.78, 5) is 13.8. The van der Waals surface area contributed by atoms with E-state index in [9.17, 15) is 4.79 Å². The molecular weight excluding hydrogens is 238 g/mol. The summed E-state index contributed by atoms with van der Waals surface area (Å²) < 4.78 is 0. The number of fused-ring (bicyclic) bond motifs is 1. The van der Waals surface area contributed by atoms with Crippen molar-refractivity contribution in [3.05, 3.63) is 29.3 Å². The van der Waals surface area contributed by atoms with Gasteiger partial charge in [-0.25, -0.2) is 0 Å². The van der Waals surface area contributed by atoms with Crippen molar-refractivity contribution in [2.45, 2.75) is 31.7 Å². The lowest BCUT2D eigenvalue weighted by molar-refractivity contribution is -0.115. The molecule has 1 amide bonds. The van der Waals surface area contributed by atoms with Crippen molar-refractivity contribution >= 4 is 11.6 Å². The SMILES string of the molecule is NC1CCN(CCc2ccc3c(c2)CC(=O)N3)CC1. The van der Waals surface area contributed by atoms with Crippen LogP contribution >= 0.6 is 0 Å². The molecule has 0 aromatic heterocycles. The number of hydrogen-bond acceptors (Lipinski definition) is 3. The van der Waals surface area contributed by atoms with Gasteiger partial charge < -0.3 is 16.0 Å². The first kappa shape index (κ1) is 12.6. The van der Waals surface area contributed by atoms with Gasteiger partial charge in [-0.3, -0.25) is 4.79 Å². The van der Waals surface area contributed by atoms with Gasteiger partial charge in [-0.2, -0.15) is 0 Å². The third-order valence-corrected chi connectivity index (χ3v) is 4.14. The molecule has 0 spiro atoms. The number of carbonyl (C=O) groups excluding carboxylic acids is 1. The molecule has 1 aromatic carbocycles. The van der Waals surface area contributed by atoms with Crippen LogP contribution in [0.1, 0.15) is 24.0 Å². The maximum Gasteiger partial charge on any atom is 0.228 e. The molecule has 2 heterocycles. The normalized spacial score (nSPS) is 20.4. The van der Waals surface area contributed by atoms with E-state index in [1.807, 2.05) is 6.07 Å². The van der Waals surface area contributed by atoms with Crippen LogP contribution in [-0.2, 0) is 17.6 Å². The van der Waals surface area contributed by atoms with Gasteiger partial charge >= 0.3 is 0 Å². The van der Waals surface area contributed by atoms with E-state index in [-0.39, 0.29) is 5.91 Å². The lowest BCUT2D eigenvalue weighted by Gasteiger charge is -2.30. The summed E-state index contributed by atoms with van der Waals surface area (Å²) in [6, 6.07) is 6.72. The van der Waals surface area contributed by atoms with Crippen LogP contribution in [0.15, 0.2) is 18.2 Å². The zero-order chi connectivity index (χ0) is 13.2. The molecule has 0 atom stereocenters. The van der Waals surface area contributed by atoms with Crippen LogP contribution in [0.25, 0.3) is 0 Å². The van der Waals surface area contributed by atoms with Crippen molar-refractivity contribution < 1.29 is 4.79 Å². The van der Waals surface area contributed by atoms with Gasteiger partial charge in [-0.05, 0) is 49.5 Å². The summed E-state index contributed by atoms with van der Waals surface area (Å²) in [6.45, 7) is 3.32. The van der Waals surface area contributed by atoms with Crippen LogP contribution in [-0.4, -0.2) is 36.5 Å². The Kier molecular flexibility index (Phi) is 3.53. The van der Waals surface area contributed by atoms with Gasteiger partial charge in [0.25, 0.3) is 0 Å². The van der Waals surface area contributed by atoms with Crippen LogP contribution in [0.4, 0.5) is 5.69 Å². The second-order valence-corrected chi connectivity index (χ2v) is 5.65. The Balaban J connectivity index is 1.56. The molecule has 4 nitrogen and oxygen atoms in total. The second kappa shape index (κ2) is 5.31. The van der Waals surface area contributed by atoms with E-state index < -0.39 is 0 Å². The zero-order valence-corrected chi connectivity index (χ0v) is 11.2. The third-order valence-electron chi connectivity index (χ3n) is 4.14. The predicted molar refractivity (Wildman–Crippen MR) is 76.1 cm³/mol. The van der Waals surface area contributed by atoms with Crippen molar-refractivity contribution in [2.24, 2.45) is 5.73 Å². The quantitative estimate of drug-likeness (QED) is 0.856. The van der Waals surface area contributed by atoms with E-state index in [0.717, 1.165) is 50.1 Å². The first-order valence-corrected chi connectivity index (χ1v) is 7.10. The van der Waals surface area contributed by atoms with Crippen molar-refractivity contribution in [1.82, 2.24) is 4.90 Å². The van der Waals surface area contributed by atoms with Gasteiger partial charge in [0.1, 0.15) is 0 Å². The summed E-state index contributed by atoms with van der Waals surface area (Å²) in [5.74, 6) is 0.108. The topological polar surface area (TPSA) is 58.4 Å². The molecule has 1 fully saturated rings. The number of benzene rings is 1. The van der Waals surface area contributed by atoms with Crippen LogP contribution in [0.2, 0.25) is 0 Å². The Labute approximate surface area is 114 Å². The van der Waals surface area contributed by atoms with E-state index in [0.29, 0.717) is 12.5 Å². The van der Waals surface area contributed by atoms with Crippen LogP contribution in [0.5, 0.6) is 0 Å². The van der Waals surface area contributed by atoms with Crippen LogP contribution < -0.4 is 11.1 Å². The highest BCUT2D eigenvalue weighted by Gasteiger charge is 2.18. The molecule has 0 saturated carbocycles. The number of piperidine rings is 1. The lowest BCUT2D eigenvalue weighted by atomic mass is 10.0. The molecule has 0 aliphatic carbocycles. The molecule has 0 bridgehead atoms. The summed E-state index contributed by atoms with van der Waals surface area (Å²) in [5, 5.41) is 2.87. The molecule has 2 aliphatic rings. The largest absolute Gasteiger partial charge is 0.328 e. The molecule has 102 valence electrons. The number of likely N-dealkylation sites (tertiary alicyclic amines) is 1. The highest BCUT2D eigenvalue weighted by molar-refractivity contribution is 5.99. The van der Waals surface area contributed by atoms with E-state index in [4.69, 9.17) is 5.73 Å². The first-order valence-electron chi connectivity index (χ1n) is 7.10. The van der Waals surface area contributed by atoms with Gasteiger partial charge in [-0.15, -0.1) is 0 Å². The molecule has 3 rings (SSSR count). The van der Waals surface area contributed by atoms with E-state index >= 15 is 0 Å². The molecule has 1 aromatic rings. The van der Waals surface area contributed by atoms with Gasteiger partial charge in [0.05, 0.1) is 6.42 Å². The third kappa shape index (κ3) is 2.96. The van der Waals surface area contributed by atoms with Crippen molar-refractivity contribution in [2.75, 3.05) is 25.0 Å². The van der Waals surface area contributed by atoms with Crippen LogP contribution in [0, 0.1) is 0 Å². The van der Waals surface area contributed by atoms with E-state index in [1.165, 1.54) is 5.56 Å². The molecule has 0 radical (unpaired) electrons. The average Bonchev–Trinajstić information content (AvgIpc) is 2.77. The first-order chi connectivity index (χ1) is 9.20. The predicted octanol–water partition coefficient (Wildman–Crippen LogP) is 1.15. The standard InChI is InChI=1S/C15H21N3O/c16-13-4-7-18(8-5-13)6-3-11-1-2-14-12(9-11)10-15(19)17-14/h1-2,9,13H,3-8,10,16H2,(H,17,19). The number of carbonyl (C=O) groups is 1. The maximum atomic E-state index is 11.3. The fourth-order valence-electron chi connectivity index (χ4n) is 2.90. The summed E-state index contributed by atoms with van der Waals surface area (Å²) >= 11 is 0. The van der Waals surface area contributed by atoms with E-state index in [1.54, 1.807) is 0 Å². The molecule has 19 heavy (non-hydrogen) atoms.